The summed E-state index contributed by atoms with van der Waals surface area (Å²) in [5.74, 6) is -0.218. The van der Waals surface area contributed by atoms with Gasteiger partial charge >= 0.3 is 0 Å². The van der Waals surface area contributed by atoms with Crippen LogP contribution in [0.3, 0.4) is 0 Å². The summed E-state index contributed by atoms with van der Waals surface area (Å²) in [7, 11) is 0. The first-order valence-electron chi connectivity index (χ1n) is 5.54. The van der Waals surface area contributed by atoms with Crippen LogP contribution >= 0.6 is 31.9 Å². The first kappa shape index (κ1) is 15.7. The Morgan fingerprint density at radius 3 is 1.94 bits per heavy atom. The molecule has 0 unspecified atom stereocenters. The Labute approximate surface area is 124 Å². The van der Waals surface area contributed by atoms with Gasteiger partial charge in [-0.25, -0.2) is 0 Å². The lowest BCUT2D eigenvalue weighted by molar-refractivity contribution is -0.00293. The van der Waals surface area contributed by atoms with Crippen molar-refractivity contribution in [3.8, 4) is 0 Å². The molecule has 18 heavy (non-hydrogen) atoms. The lowest BCUT2D eigenvalue weighted by atomic mass is 9.86. The molecule has 1 rings (SSSR count). The molecular formula is C13H17Br2NO2. The number of hydrogen-bond acceptors (Lipinski definition) is 2. The van der Waals surface area contributed by atoms with Crippen LogP contribution in [0.15, 0.2) is 27.1 Å². The standard InChI is InChI=1S/C13H17Br2NO2/c1-12(2,13(3,4)18)16-11(17)8-5-9(14)7-10(15)6-8/h5-7,18H,1-4H3,(H,16,17). The molecule has 0 bridgehead atoms. The lowest BCUT2D eigenvalue weighted by Crippen LogP contribution is -2.57. The van der Waals surface area contributed by atoms with Crippen LogP contribution in [-0.4, -0.2) is 22.2 Å². The van der Waals surface area contributed by atoms with E-state index in [1.165, 1.54) is 0 Å². The smallest absolute Gasteiger partial charge is 0.251 e. The van der Waals surface area contributed by atoms with Gasteiger partial charge in [-0.1, -0.05) is 31.9 Å². The number of amides is 1. The first-order valence-corrected chi connectivity index (χ1v) is 7.12. The molecule has 0 fully saturated rings. The SMILES string of the molecule is CC(C)(O)C(C)(C)NC(=O)c1cc(Br)cc(Br)c1. The minimum Gasteiger partial charge on any atom is -0.388 e. The first-order chi connectivity index (χ1) is 8.03. The van der Waals surface area contributed by atoms with Crippen molar-refractivity contribution in [2.45, 2.75) is 38.8 Å². The van der Waals surface area contributed by atoms with Crippen molar-refractivity contribution in [3.63, 3.8) is 0 Å². The van der Waals surface area contributed by atoms with Crippen molar-refractivity contribution >= 4 is 37.8 Å². The number of rotatable bonds is 3. The molecule has 1 aromatic rings. The van der Waals surface area contributed by atoms with Crippen LogP contribution in [-0.2, 0) is 0 Å². The molecule has 0 radical (unpaired) electrons. The Hall–Kier alpha value is -0.390. The molecule has 0 atom stereocenters. The van der Waals surface area contributed by atoms with Gasteiger partial charge in [0.1, 0.15) is 0 Å². The second-order valence-corrected chi connectivity index (χ2v) is 7.13. The minimum absolute atomic E-state index is 0.218. The Kier molecular flexibility index (Phi) is 4.62. The number of hydrogen-bond donors (Lipinski definition) is 2. The van der Waals surface area contributed by atoms with Gasteiger partial charge in [-0.3, -0.25) is 4.79 Å². The summed E-state index contributed by atoms with van der Waals surface area (Å²) in [5.41, 5.74) is -1.20. The predicted octanol–water partition coefficient (Wildman–Crippen LogP) is 3.49. The highest BCUT2D eigenvalue weighted by Gasteiger charge is 2.36. The average molecular weight is 379 g/mol. The van der Waals surface area contributed by atoms with Gasteiger partial charge in [0, 0.05) is 14.5 Å². The minimum atomic E-state index is -1.01. The molecule has 0 saturated heterocycles. The third-order valence-corrected chi connectivity index (χ3v) is 4.00. The van der Waals surface area contributed by atoms with Gasteiger partial charge in [0.25, 0.3) is 5.91 Å². The maximum Gasteiger partial charge on any atom is 0.251 e. The summed E-state index contributed by atoms with van der Waals surface area (Å²) in [6, 6.07) is 5.33. The number of aliphatic hydroxyl groups is 1. The van der Waals surface area contributed by atoms with Crippen LogP contribution in [0.25, 0.3) is 0 Å². The normalized spacial score (nSPS) is 12.4. The topological polar surface area (TPSA) is 49.3 Å². The largest absolute Gasteiger partial charge is 0.388 e. The fourth-order valence-electron chi connectivity index (χ4n) is 1.19. The highest BCUT2D eigenvalue weighted by atomic mass is 79.9. The Balaban J connectivity index is 2.96. The molecule has 0 aliphatic carbocycles. The van der Waals surface area contributed by atoms with Gasteiger partial charge in [0.2, 0.25) is 0 Å². The fourth-order valence-corrected chi connectivity index (χ4v) is 2.49. The molecule has 1 aromatic carbocycles. The monoisotopic (exact) mass is 377 g/mol. The zero-order chi connectivity index (χ0) is 14.1. The second-order valence-electron chi connectivity index (χ2n) is 5.30. The zero-order valence-electron chi connectivity index (χ0n) is 10.8. The number of carbonyl (C=O) groups excluding carboxylic acids is 1. The highest BCUT2D eigenvalue weighted by molar-refractivity contribution is 9.11. The van der Waals surface area contributed by atoms with Crippen molar-refractivity contribution in [2.75, 3.05) is 0 Å². The van der Waals surface area contributed by atoms with Crippen molar-refractivity contribution in [1.82, 2.24) is 5.32 Å². The highest BCUT2D eigenvalue weighted by Crippen LogP contribution is 2.23. The van der Waals surface area contributed by atoms with E-state index in [-0.39, 0.29) is 5.91 Å². The summed E-state index contributed by atoms with van der Waals surface area (Å²) in [6.07, 6.45) is 0. The molecule has 0 saturated carbocycles. The lowest BCUT2D eigenvalue weighted by Gasteiger charge is -2.38. The number of halogens is 2. The fraction of sp³-hybridized carbons (Fsp3) is 0.462. The maximum absolute atomic E-state index is 12.1. The summed E-state index contributed by atoms with van der Waals surface area (Å²) >= 11 is 6.68. The van der Waals surface area contributed by atoms with Crippen LogP contribution in [0.5, 0.6) is 0 Å². The van der Waals surface area contributed by atoms with Crippen LogP contribution < -0.4 is 5.32 Å². The van der Waals surface area contributed by atoms with E-state index in [1.807, 2.05) is 6.07 Å². The predicted molar refractivity (Wildman–Crippen MR) is 79.7 cm³/mol. The van der Waals surface area contributed by atoms with E-state index in [9.17, 15) is 9.90 Å². The quantitative estimate of drug-likeness (QED) is 0.845. The number of nitrogens with one attached hydrogen (secondary N) is 1. The molecule has 1 amide bonds. The summed E-state index contributed by atoms with van der Waals surface area (Å²) in [4.78, 5) is 12.1. The molecule has 0 spiro atoms. The average Bonchev–Trinajstić information content (AvgIpc) is 2.13. The maximum atomic E-state index is 12.1. The summed E-state index contributed by atoms with van der Waals surface area (Å²) < 4.78 is 1.64. The Morgan fingerprint density at radius 2 is 1.56 bits per heavy atom. The van der Waals surface area contributed by atoms with E-state index in [0.717, 1.165) is 8.95 Å². The third-order valence-electron chi connectivity index (χ3n) is 3.08. The zero-order valence-corrected chi connectivity index (χ0v) is 14.0. The molecule has 0 aliphatic heterocycles. The molecule has 100 valence electrons. The van der Waals surface area contributed by atoms with Crippen LogP contribution in [0, 0.1) is 0 Å². The molecule has 0 aromatic heterocycles. The van der Waals surface area contributed by atoms with Crippen molar-refractivity contribution < 1.29 is 9.90 Å². The summed E-state index contributed by atoms with van der Waals surface area (Å²) in [6.45, 7) is 6.92. The van der Waals surface area contributed by atoms with Gasteiger partial charge < -0.3 is 10.4 Å². The van der Waals surface area contributed by atoms with E-state index in [1.54, 1.807) is 39.8 Å². The van der Waals surface area contributed by atoms with Gasteiger partial charge in [-0.05, 0) is 45.9 Å². The number of carbonyl (C=O) groups is 1. The van der Waals surface area contributed by atoms with E-state index in [0.29, 0.717) is 5.56 Å². The van der Waals surface area contributed by atoms with Crippen molar-refractivity contribution in [2.24, 2.45) is 0 Å². The number of benzene rings is 1. The third kappa shape index (κ3) is 3.80. The van der Waals surface area contributed by atoms with Crippen LogP contribution in [0.1, 0.15) is 38.1 Å². The second kappa shape index (κ2) is 5.31. The molecule has 3 nitrogen and oxygen atoms in total. The van der Waals surface area contributed by atoms with Crippen molar-refractivity contribution in [1.29, 1.82) is 0 Å². The van der Waals surface area contributed by atoms with Crippen LogP contribution in [0.2, 0.25) is 0 Å². The summed E-state index contributed by atoms with van der Waals surface area (Å²) in [5, 5.41) is 12.9. The molecule has 2 N–H and O–H groups in total. The van der Waals surface area contributed by atoms with Crippen LogP contribution in [0.4, 0.5) is 0 Å². The molecule has 0 heterocycles. The Morgan fingerprint density at radius 1 is 1.11 bits per heavy atom. The van der Waals surface area contributed by atoms with Gasteiger partial charge in [-0.2, -0.15) is 0 Å². The van der Waals surface area contributed by atoms with E-state index in [2.05, 4.69) is 37.2 Å². The Bertz CT molecular complexity index is 444. The van der Waals surface area contributed by atoms with Gasteiger partial charge in [0.05, 0.1) is 11.1 Å². The van der Waals surface area contributed by atoms with E-state index >= 15 is 0 Å². The van der Waals surface area contributed by atoms with Crippen molar-refractivity contribution in [3.05, 3.63) is 32.7 Å². The molecular weight excluding hydrogens is 362 g/mol. The van der Waals surface area contributed by atoms with Gasteiger partial charge in [-0.15, -0.1) is 0 Å². The molecule has 5 heteroatoms. The van der Waals surface area contributed by atoms with Gasteiger partial charge in [0.15, 0.2) is 0 Å². The molecule has 0 aliphatic rings. The van der Waals surface area contributed by atoms with E-state index in [4.69, 9.17) is 0 Å². The van der Waals surface area contributed by atoms with E-state index < -0.39 is 11.1 Å².